The molecule has 0 saturated carbocycles. The molecule has 0 aliphatic carbocycles. The van der Waals surface area contributed by atoms with Gasteiger partial charge in [0.1, 0.15) is 18.8 Å². The van der Waals surface area contributed by atoms with Crippen molar-refractivity contribution in [2.75, 3.05) is 42.8 Å². The van der Waals surface area contributed by atoms with Crippen LogP contribution in [0.15, 0.2) is 0 Å². The molecule has 0 aromatic heterocycles. The molecule has 256 valence electrons. The van der Waals surface area contributed by atoms with E-state index in [4.69, 9.17) is 9.47 Å². The summed E-state index contributed by atoms with van der Waals surface area (Å²) in [6.07, 6.45) is 26.9. The van der Waals surface area contributed by atoms with Crippen LogP contribution in [0.25, 0.3) is 0 Å². The average Bonchev–Trinajstić information content (AvgIpc) is 3.00. The number of aliphatic hydroxyl groups excluding tert-OH is 1. The van der Waals surface area contributed by atoms with Crippen molar-refractivity contribution in [1.82, 2.24) is 0 Å². The molecule has 0 rings (SSSR count). The molecule has 0 amide bonds. The predicted molar refractivity (Wildman–Crippen MR) is 186 cm³/mol. The van der Waals surface area contributed by atoms with Gasteiger partial charge in [-0.2, -0.15) is 23.5 Å². The lowest BCUT2D eigenvalue weighted by atomic mass is 10.0. The molecule has 0 aromatic rings. The standard InChI is InChI=1S/C35H68O6S2/c1-3-5-7-9-11-13-15-17-19-21-27-42-29-23-33(37)40-31-35(39,25-26-36)32-41-34(38)24-30-43-28-22-20-18-16-14-12-10-8-6-4-2/h36,39H,3-32H2,1-2H3. The molecule has 0 spiro atoms. The van der Waals surface area contributed by atoms with E-state index in [0.717, 1.165) is 11.5 Å². The monoisotopic (exact) mass is 648 g/mol. The summed E-state index contributed by atoms with van der Waals surface area (Å²) in [6.45, 7) is 3.66. The van der Waals surface area contributed by atoms with Crippen LogP contribution >= 0.6 is 23.5 Å². The first kappa shape index (κ1) is 42.6. The second-order valence-corrected chi connectivity index (χ2v) is 14.6. The minimum atomic E-state index is -1.56. The van der Waals surface area contributed by atoms with E-state index >= 15 is 0 Å². The molecule has 0 unspecified atom stereocenters. The lowest BCUT2D eigenvalue weighted by molar-refractivity contribution is -0.164. The van der Waals surface area contributed by atoms with Gasteiger partial charge < -0.3 is 19.7 Å². The highest BCUT2D eigenvalue weighted by Crippen LogP contribution is 2.16. The Morgan fingerprint density at radius 2 is 0.860 bits per heavy atom. The number of ether oxygens (including phenoxy) is 2. The maximum absolute atomic E-state index is 12.2. The van der Waals surface area contributed by atoms with Gasteiger partial charge in [0.05, 0.1) is 12.8 Å². The molecule has 6 nitrogen and oxygen atoms in total. The maximum atomic E-state index is 12.2. The Kier molecular flexibility index (Phi) is 32.6. The van der Waals surface area contributed by atoms with Crippen molar-refractivity contribution in [2.45, 2.75) is 167 Å². The lowest BCUT2D eigenvalue weighted by Crippen LogP contribution is -2.42. The van der Waals surface area contributed by atoms with E-state index in [1.54, 1.807) is 23.5 Å². The summed E-state index contributed by atoms with van der Waals surface area (Å²) in [4.78, 5) is 24.3. The van der Waals surface area contributed by atoms with E-state index in [2.05, 4.69) is 13.8 Å². The fourth-order valence-electron chi connectivity index (χ4n) is 4.87. The van der Waals surface area contributed by atoms with Gasteiger partial charge in [-0.3, -0.25) is 9.59 Å². The number of carbonyl (C=O) groups excluding carboxylic acids is 2. The van der Waals surface area contributed by atoms with Crippen LogP contribution in [-0.2, 0) is 19.1 Å². The first-order valence-corrected chi connectivity index (χ1v) is 20.1. The summed E-state index contributed by atoms with van der Waals surface area (Å²) in [5.74, 6) is 2.74. The van der Waals surface area contributed by atoms with Gasteiger partial charge in [0.2, 0.25) is 0 Å². The Hall–Kier alpha value is -0.440. The zero-order valence-corrected chi connectivity index (χ0v) is 29.7. The van der Waals surface area contributed by atoms with Crippen molar-refractivity contribution < 1.29 is 29.3 Å². The van der Waals surface area contributed by atoms with Crippen molar-refractivity contribution in [3.05, 3.63) is 0 Å². The van der Waals surface area contributed by atoms with Gasteiger partial charge >= 0.3 is 11.9 Å². The van der Waals surface area contributed by atoms with E-state index < -0.39 is 5.60 Å². The maximum Gasteiger partial charge on any atom is 0.306 e. The molecular weight excluding hydrogens is 581 g/mol. The van der Waals surface area contributed by atoms with Crippen molar-refractivity contribution in [2.24, 2.45) is 0 Å². The fourth-order valence-corrected chi connectivity index (χ4v) is 6.71. The molecule has 43 heavy (non-hydrogen) atoms. The summed E-state index contributed by atoms with van der Waals surface area (Å²) in [5.41, 5.74) is -1.56. The molecule has 0 radical (unpaired) electrons. The number of hydrogen-bond donors (Lipinski definition) is 2. The average molecular weight is 649 g/mol. The minimum absolute atomic E-state index is 0.0193. The van der Waals surface area contributed by atoms with Crippen LogP contribution in [0.5, 0.6) is 0 Å². The number of thioether (sulfide) groups is 2. The molecule has 0 saturated heterocycles. The molecule has 0 atom stereocenters. The van der Waals surface area contributed by atoms with Gasteiger partial charge in [0.25, 0.3) is 0 Å². The molecule has 0 aromatic carbocycles. The van der Waals surface area contributed by atoms with Gasteiger partial charge in [-0.15, -0.1) is 0 Å². The van der Waals surface area contributed by atoms with Crippen molar-refractivity contribution in [3.63, 3.8) is 0 Å². The van der Waals surface area contributed by atoms with Crippen LogP contribution < -0.4 is 0 Å². The second-order valence-electron chi connectivity index (χ2n) is 12.1. The van der Waals surface area contributed by atoms with Crippen molar-refractivity contribution >= 4 is 35.5 Å². The number of carbonyl (C=O) groups is 2. The normalized spacial score (nSPS) is 11.6. The van der Waals surface area contributed by atoms with E-state index in [9.17, 15) is 19.8 Å². The third-order valence-electron chi connectivity index (χ3n) is 7.77. The molecule has 0 heterocycles. The topological polar surface area (TPSA) is 93.1 Å². The summed E-state index contributed by atoms with van der Waals surface area (Å²) >= 11 is 3.52. The molecule has 0 bridgehead atoms. The number of hydrogen-bond acceptors (Lipinski definition) is 8. The van der Waals surface area contributed by atoms with E-state index in [1.165, 1.54) is 128 Å². The smallest absolute Gasteiger partial charge is 0.306 e. The molecule has 0 fully saturated rings. The Labute approximate surface area is 274 Å². The quantitative estimate of drug-likeness (QED) is 0.0527. The van der Waals surface area contributed by atoms with Crippen LogP contribution in [-0.4, -0.2) is 70.6 Å². The van der Waals surface area contributed by atoms with Gasteiger partial charge in [-0.25, -0.2) is 0 Å². The highest BCUT2D eigenvalue weighted by Gasteiger charge is 2.30. The van der Waals surface area contributed by atoms with Crippen molar-refractivity contribution in [1.29, 1.82) is 0 Å². The Morgan fingerprint density at radius 3 is 1.19 bits per heavy atom. The van der Waals surface area contributed by atoms with Crippen LogP contribution in [0, 0.1) is 0 Å². The first-order valence-electron chi connectivity index (χ1n) is 17.8. The van der Waals surface area contributed by atoms with Crippen LogP contribution in [0.3, 0.4) is 0 Å². The summed E-state index contributed by atoms with van der Waals surface area (Å²) in [7, 11) is 0. The summed E-state index contributed by atoms with van der Waals surface area (Å²) < 4.78 is 10.5. The lowest BCUT2D eigenvalue weighted by Gasteiger charge is -2.26. The van der Waals surface area contributed by atoms with Gasteiger partial charge in [-0.1, -0.05) is 129 Å². The SMILES string of the molecule is CCCCCCCCCCCCSCCC(=O)OCC(O)(CCO)COC(=O)CCSCCCCCCCCCCCC. The first-order chi connectivity index (χ1) is 21.0. The van der Waals surface area contributed by atoms with E-state index in [0.29, 0.717) is 11.5 Å². The molecular formula is C35H68O6S2. The van der Waals surface area contributed by atoms with E-state index in [1.807, 2.05) is 0 Å². The molecule has 0 aliphatic heterocycles. The third-order valence-corrected chi connectivity index (χ3v) is 9.91. The number of rotatable bonds is 34. The zero-order valence-electron chi connectivity index (χ0n) is 28.1. The highest BCUT2D eigenvalue weighted by atomic mass is 32.2. The minimum Gasteiger partial charge on any atom is -0.462 e. The predicted octanol–water partition coefficient (Wildman–Crippen LogP) is 9.27. The number of unbranched alkanes of at least 4 members (excludes halogenated alkanes) is 18. The molecule has 8 heteroatoms. The fraction of sp³-hybridized carbons (Fsp3) is 0.943. The Bertz CT molecular complexity index is 573. The summed E-state index contributed by atoms with van der Waals surface area (Å²) in [5, 5.41) is 20.1. The second kappa shape index (κ2) is 32.9. The van der Waals surface area contributed by atoms with Crippen LogP contribution in [0.2, 0.25) is 0 Å². The van der Waals surface area contributed by atoms with E-state index in [-0.39, 0.29) is 51.0 Å². The van der Waals surface area contributed by atoms with Gasteiger partial charge in [0.15, 0.2) is 0 Å². The Morgan fingerprint density at radius 1 is 0.535 bits per heavy atom. The summed E-state index contributed by atoms with van der Waals surface area (Å²) in [6, 6.07) is 0. The molecule has 2 N–H and O–H groups in total. The van der Waals surface area contributed by atoms with Crippen LogP contribution in [0.1, 0.15) is 162 Å². The highest BCUT2D eigenvalue weighted by molar-refractivity contribution is 7.99. The van der Waals surface area contributed by atoms with Gasteiger partial charge in [0, 0.05) is 24.5 Å². The largest absolute Gasteiger partial charge is 0.462 e. The van der Waals surface area contributed by atoms with Gasteiger partial charge in [-0.05, 0) is 24.3 Å². The third kappa shape index (κ3) is 31.3. The number of aliphatic hydroxyl groups is 2. The Balaban J connectivity index is 3.76. The van der Waals surface area contributed by atoms with Crippen molar-refractivity contribution in [3.8, 4) is 0 Å². The zero-order chi connectivity index (χ0) is 31.7. The molecule has 0 aliphatic rings. The van der Waals surface area contributed by atoms with Crippen LogP contribution in [0.4, 0.5) is 0 Å². The number of esters is 2.